The molecule has 0 aliphatic carbocycles. The number of thiazole rings is 1. The van der Waals surface area contributed by atoms with Crippen molar-refractivity contribution in [2.24, 2.45) is 0 Å². The zero-order valence-corrected chi connectivity index (χ0v) is 14.7. The molecule has 0 saturated carbocycles. The van der Waals surface area contributed by atoms with Crippen LogP contribution in [0, 0.1) is 5.82 Å². The fourth-order valence-electron chi connectivity index (χ4n) is 2.37. The summed E-state index contributed by atoms with van der Waals surface area (Å²) in [5, 5.41) is 6.75. The quantitative estimate of drug-likeness (QED) is 0.859. The van der Waals surface area contributed by atoms with Gasteiger partial charge in [-0.3, -0.25) is 4.79 Å². The lowest BCUT2D eigenvalue weighted by Crippen LogP contribution is -2.36. The van der Waals surface area contributed by atoms with Crippen LogP contribution in [-0.2, 0) is 0 Å². The molecule has 1 saturated heterocycles. The lowest BCUT2D eigenvalue weighted by Gasteiger charge is -2.10. The predicted molar refractivity (Wildman–Crippen MR) is 95.4 cm³/mol. The molecule has 1 aromatic heterocycles. The average molecular weight is 378 g/mol. The van der Waals surface area contributed by atoms with E-state index >= 15 is 0 Å². The Hall–Kier alpha value is -1.21. The van der Waals surface area contributed by atoms with Gasteiger partial charge in [0.15, 0.2) is 0 Å². The fraction of sp³-hybridized carbons (Fsp3) is 0.333. The molecule has 126 valence electrons. The number of amides is 1. The van der Waals surface area contributed by atoms with Crippen LogP contribution in [0.3, 0.4) is 0 Å². The topological polar surface area (TPSA) is 54.0 Å². The summed E-state index contributed by atoms with van der Waals surface area (Å²) in [4.78, 5) is 16.7. The molecule has 23 heavy (non-hydrogen) atoms. The number of nitrogens with zero attached hydrogens (tertiary/aromatic N) is 1. The van der Waals surface area contributed by atoms with Crippen molar-refractivity contribution < 1.29 is 9.18 Å². The van der Waals surface area contributed by atoms with Crippen LogP contribution in [0.15, 0.2) is 30.5 Å². The second kappa shape index (κ2) is 9.17. The number of rotatable bonds is 4. The molecule has 8 heteroatoms. The van der Waals surface area contributed by atoms with Gasteiger partial charge in [-0.2, -0.15) is 0 Å². The van der Waals surface area contributed by atoms with Crippen LogP contribution in [0.2, 0.25) is 0 Å². The van der Waals surface area contributed by atoms with E-state index in [0.717, 1.165) is 19.4 Å². The fourth-order valence-corrected chi connectivity index (χ4v) is 3.23. The van der Waals surface area contributed by atoms with Gasteiger partial charge < -0.3 is 10.6 Å². The summed E-state index contributed by atoms with van der Waals surface area (Å²) in [6.07, 6.45) is 3.74. The Bertz CT molecular complexity index is 647. The van der Waals surface area contributed by atoms with E-state index in [0.29, 0.717) is 28.0 Å². The van der Waals surface area contributed by atoms with Crippen molar-refractivity contribution in [2.75, 3.05) is 13.1 Å². The minimum Gasteiger partial charge on any atom is -0.350 e. The molecule has 1 aliphatic rings. The number of benzene rings is 1. The number of halogens is 3. The molecular formula is C15H18Cl2FN3OS. The van der Waals surface area contributed by atoms with Gasteiger partial charge in [-0.15, -0.1) is 36.2 Å². The van der Waals surface area contributed by atoms with Crippen molar-refractivity contribution in [1.82, 2.24) is 15.6 Å². The van der Waals surface area contributed by atoms with Crippen LogP contribution >= 0.6 is 36.2 Å². The van der Waals surface area contributed by atoms with Crippen LogP contribution in [-0.4, -0.2) is 30.0 Å². The summed E-state index contributed by atoms with van der Waals surface area (Å²) in [5.41, 5.74) is 0.430. The van der Waals surface area contributed by atoms with Crippen molar-refractivity contribution in [3.8, 4) is 10.6 Å². The highest BCUT2D eigenvalue weighted by atomic mass is 35.5. The van der Waals surface area contributed by atoms with Gasteiger partial charge in [0.05, 0.1) is 6.20 Å². The summed E-state index contributed by atoms with van der Waals surface area (Å²) in [5.74, 6) is -0.474. The summed E-state index contributed by atoms with van der Waals surface area (Å²) < 4.78 is 13.7. The Balaban J connectivity index is 0.00000132. The van der Waals surface area contributed by atoms with Crippen molar-refractivity contribution in [1.29, 1.82) is 0 Å². The molecule has 2 heterocycles. The molecule has 2 aromatic rings. The third-order valence-corrected chi connectivity index (χ3v) is 4.53. The molecule has 4 nitrogen and oxygen atoms in total. The third kappa shape index (κ3) is 4.88. The van der Waals surface area contributed by atoms with E-state index in [1.165, 1.54) is 23.6 Å². The van der Waals surface area contributed by atoms with E-state index in [4.69, 9.17) is 0 Å². The van der Waals surface area contributed by atoms with Gasteiger partial charge in [-0.05, 0) is 31.5 Å². The largest absolute Gasteiger partial charge is 0.350 e. The zero-order chi connectivity index (χ0) is 14.7. The first-order valence-corrected chi connectivity index (χ1v) is 7.78. The van der Waals surface area contributed by atoms with Gasteiger partial charge in [-0.25, -0.2) is 9.37 Å². The van der Waals surface area contributed by atoms with Crippen molar-refractivity contribution >= 4 is 42.1 Å². The van der Waals surface area contributed by atoms with Crippen LogP contribution in [0.4, 0.5) is 4.39 Å². The molecule has 0 radical (unpaired) electrons. The van der Waals surface area contributed by atoms with Gasteiger partial charge >= 0.3 is 0 Å². The SMILES string of the molecule is Cl.Cl.O=C(NCC1CCCN1)c1cnc(-c2ccccc2F)s1. The number of carbonyl (C=O) groups excluding carboxylic acids is 1. The number of nitrogens with one attached hydrogen (secondary N) is 2. The second-order valence-corrected chi connectivity index (χ2v) is 6.04. The predicted octanol–water partition coefficient (Wildman–Crippen LogP) is 3.27. The summed E-state index contributed by atoms with van der Waals surface area (Å²) in [7, 11) is 0. The molecule has 0 bridgehead atoms. The number of hydrogen-bond acceptors (Lipinski definition) is 4. The maximum atomic E-state index is 13.7. The van der Waals surface area contributed by atoms with E-state index in [1.807, 2.05) is 0 Å². The van der Waals surface area contributed by atoms with Gasteiger partial charge in [0.2, 0.25) is 0 Å². The van der Waals surface area contributed by atoms with Gasteiger partial charge in [0, 0.05) is 18.2 Å². The Morgan fingerprint density at radius 2 is 2.17 bits per heavy atom. The Morgan fingerprint density at radius 3 is 2.87 bits per heavy atom. The number of aromatic nitrogens is 1. The maximum absolute atomic E-state index is 13.7. The Morgan fingerprint density at radius 1 is 1.39 bits per heavy atom. The highest BCUT2D eigenvalue weighted by molar-refractivity contribution is 7.16. The van der Waals surface area contributed by atoms with E-state index in [2.05, 4.69) is 15.6 Å². The van der Waals surface area contributed by atoms with Crippen molar-refractivity contribution in [2.45, 2.75) is 18.9 Å². The molecule has 1 fully saturated rings. The molecule has 1 atom stereocenters. The van der Waals surface area contributed by atoms with E-state index in [9.17, 15) is 9.18 Å². The molecule has 1 unspecified atom stereocenters. The number of hydrogen-bond donors (Lipinski definition) is 2. The van der Waals surface area contributed by atoms with Crippen LogP contribution < -0.4 is 10.6 Å². The second-order valence-electron chi connectivity index (χ2n) is 5.01. The molecule has 1 aliphatic heterocycles. The molecule has 1 aromatic carbocycles. The number of carbonyl (C=O) groups is 1. The van der Waals surface area contributed by atoms with Crippen molar-refractivity contribution in [3.63, 3.8) is 0 Å². The molecular weight excluding hydrogens is 360 g/mol. The minimum atomic E-state index is -0.325. The summed E-state index contributed by atoms with van der Waals surface area (Å²) >= 11 is 1.21. The Labute approximate surface area is 150 Å². The third-order valence-electron chi connectivity index (χ3n) is 3.51. The normalized spacial score (nSPS) is 16.3. The average Bonchev–Trinajstić information content (AvgIpc) is 3.17. The van der Waals surface area contributed by atoms with Crippen molar-refractivity contribution in [3.05, 3.63) is 41.2 Å². The summed E-state index contributed by atoms with van der Waals surface area (Å²) in [6.45, 7) is 1.63. The summed E-state index contributed by atoms with van der Waals surface area (Å²) in [6, 6.07) is 6.80. The lowest BCUT2D eigenvalue weighted by molar-refractivity contribution is 0.0954. The Kier molecular flexibility index (Phi) is 7.91. The van der Waals surface area contributed by atoms with Gasteiger partial charge in [0.25, 0.3) is 5.91 Å². The smallest absolute Gasteiger partial charge is 0.263 e. The van der Waals surface area contributed by atoms with E-state index < -0.39 is 0 Å². The highest BCUT2D eigenvalue weighted by Crippen LogP contribution is 2.27. The first-order valence-electron chi connectivity index (χ1n) is 6.96. The molecule has 2 N–H and O–H groups in total. The van der Waals surface area contributed by atoms with Gasteiger partial charge in [-0.1, -0.05) is 12.1 Å². The molecule has 3 rings (SSSR count). The van der Waals surface area contributed by atoms with E-state index in [1.54, 1.807) is 18.2 Å². The first-order chi connectivity index (χ1) is 10.2. The monoisotopic (exact) mass is 377 g/mol. The van der Waals surface area contributed by atoms with Crippen LogP contribution in [0.5, 0.6) is 0 Å². The maximum Gasteiger partial charge on any atom is 0.263 e. The van der Waals surface area contributed by atoms with Crippen LogP contribution in [0.1, 0.15) is 22.5 Å². The highest BCUT2D eigenvalue weighted by Gasteiger charge is 2.17. The molecule has 1 amide bonds. The van der Waals surface area contributed by atoms with E-state index in [-0.39, 0.29) is 36.5 Å². The van der Waals surface area contributed by atoms with Gasteiger partial charge in [0.1, 0.15) is 15.7 Å². The van der Waals surface area contributed by atoms with Crippen LogP contribution in [0.25, 0.3) is 10.6 Å². The molecule has 0 spiro atoms. The standard InChI is InChI=1S/C15H16FN3OS.2ClH/c16-12-6-2-1-5-11(12)15-19-9-13(21-15)14(20)18-8-10-4-3-7-17-10;;/h1-2,5-6,9-10,17H,3-4,7-8H2,(H,18,20);2*1H. The minimum absolute atomic E-state index is 0. The zero-order valence-electron chi connectivity index (χ0n) is 12.3. The first kappa shape index (κ1) is 19.8. The lowest BCUT2D eigenvalue weighted by atomic mass is 10.2.